The highest BCUT2D eigenvalue weighted by molar-refractivity contribution is 5.75. The molecule has 19 heavy (non-hydrogen) atoms. The summed E-state index contributed by atoms with van der Waals surface area (Å²) in [6.45, 7) is 1.55. The van der Waals surface area contributed by atoms with Crippen LogP contribution in [0.1, 0.15) is 18.6 Å². The number of rotatable bonds is 5. The Hall–Kier alpha value is -2.19. The summed E-state index contributed by atoms with van der Waals surface area (Å²) in [4.78, 5) is 21.4. The molecule has 0 spiro atoms. The molecule has 0 bridgehead atoms. The maximum atomic E-state index is 11.3. The normalized spacial score (nSPS) is 13.6. The highest BCUT2D eigenvalue weighted by atomic mass is 16.6. The SMILES string of the molecule is CCOC(=O)C(O)C(O)c1ccc(N)cc1[N+](=O)[O-]. The number of aliphatic hydroxyl groups excluding tert-OH is 2. The molecule has 0 aliphatic heterocycles. The van der Waals surface area contributed by atoms with Crippen molar-refractivity contribution in [1.29, 1.82) is 0 Å². The van der Waals surface area contributed by atoms with Crippen LogP contribution < -0.4 is 5.73 Å². The van der Waals surface area contributed by atoms with E-state index in [1.54, 1.807) is 0 Å². The van der Waals surface area contributed by atoms with Crippen molar-refractivity contribution in [2.45, 2.75) is 19.1 Å². The summed E-state index contributed by atoms with van der Waals surface area (Å²) in [5.74, 6) is -1.05. The van der Waals surface area contributed by atoms with Crippen molar-refractivity contribution < 1.29 is 24.7 Å². The number of carbonyl (C=O) groups excluding carboxylic acids is 1. The number of hydrogen-bond donors (Lipinski definition) is 3. The van der Waals surface area contributed by atoms with E-state index in [4.69, 9.17) is 5.73 Å². The van der Waals surface area contributed by atoms with Crippen molar-refractivity contribution in [3.63, 3.8) is 0 Å². The molecule has 0 saturated carbocycles. The third-order valence-electron chi connectivity index (χ3n) is 2.40. The Balaban J connectivity index is 3.08. The predicted octanol–water partition coefficient (Wildman–Crippen LogP) is 0.134. The second-order valence-electron chi connectivity index (χ2n) is 3.72. The lowest BCUT2D eigenvalue weighted by Gasteiger charge is -2.16. The third kappa shape index (κ3) is 3.39. The number of aliphatic hydroxyl groups is 2. The molecule has 8 heteroatoms. The minimum atomic E-state index is -1.90. The van der Waals surface area contributed by atoms with Crippen LogP contribution in [0.15, 0.2) is 18.2 Å². The van der Waals surface area contributed by atoms with Crippen molar-refractivity contribution >= 4 is 17.3 Å². The molecule has 104 valence electrons. The molecule has 0 aliphatic rings. The van der Waals surface area contributed by atoms with E-state index in [0.717, 1.165) is 6.07 Å². The molecule has 1 aromatic carbocycles. The lowest BCUT2D eigenvalue weighted by molar-refractivity contribution is -0.386. The van der Waals surface area contributed by atoms with Gasteiger partial charge in [-0.3, -0.25) is 10.1 Å². The fourth-order valence-electron chi connectivity index (χ4n) is 1.50. The minimum Gasteiger partial charge on any atom is -0.464 e. The van der Waals surface area contributed by atoms with E-state index >= 15 is 0 Å². The Bertz CT molecular complexity index is 490. The number of nitro benzene ring substituents is 1. The van der Waals surface area contributed by atoms with Gasteiger partial charge in [0.1, 0.15) is 6.10 Å². The van der Waals surface area contributed by atoms with Gasteiger partial charge in [0.2, 0.25) is 0 Å². The summed E-state index contributed by atoms with van der Waals surface area (Å²) < 4.78 is 4.53. The molecule has 8 nitrogen and oxygen atoms in total. The largest absolute Gasteiger partial charge is 0.464 e. The lowest BCUT2D eigenvalue weighted by atomic mass is 10.0. The highest BCUT2D eigenvalue weighted by Gasteiger charge is 2.31. The highest BCUT2D eigenvalue weighted by Crippen LogP contribution is 2.29. The maximum absolute atomic E-state index is 11.3. The van der Waals surface area contributed by atoms with Gasteiger partial charge < -0.3 is 20.7 Å². The molecule has 1 rings (SSSR count). The van der Waals surface area contributed by atoms with Crippen molar-refractivity contribution in [2.24, 2.45) is 0 Å². The predicted molar refractivity (Wildman–Crippen MR) is 65.1 cm³/mol. The van der Waals surface area contributed by atoms with Crippen molar-refractivity contribution in [3.8, 4) is 0 Å². The first-order chi connectivity index (χ1) is 8.88. The zero-order chi connectivity index (χ0) is 14.6. The number of hydrogen-bond acceptors (Lipinski definition) is 7. The molecule has 0 radical (unpaired) electrons. The van der Waals surface area contributed by atoms with E-state index in [1.807, 2.05) is 0 Å². The van der Waals surface area contributed by atoms with Crippen LogP contribution in [-0.2, 0) is 9.53 Å². The first-order valence-electron chi connectivity index (χ1n) is 5.45. The molecule has 0 aromatic heterocycles. The number of nitrogens with zero attached hydrogens (tertiary/aromatic N) is 1. The first-order valence-corrected chi connectivity index (χ1v) is 5.45. The number of anilines is 1. The van der Waals surface area contributed by atoms with E-state index in [9.17, 15) is 25.1 Å². The maximum Gasteiger partial charge on any atom is 0.338 e. The van der Waals surface area contributed by atoms with Crippen molar-refractivity contribution in [2.75, 3.05) is 12.3 Å². The van der Waals surface area contributed by atoms with Gasteiger partial charge in [-0.25, -0.2) is 4.79 Å². The van der Waals surface area contributed by atoms with Gasteiger partial charge in [0.05, 0.1) is 17.1 Å². The second kappa shape index (κ2) is 6.12. The van der Waals surface area contributed by atoms with Crippen LogP contribution in [0, 0.1) is 10.1 Å². The molecular formula is C11H14N2O6. The van der Waals surface area contributed by atoms with Gasteiger partial charge >= 0.3 is 5.97 Å². The Morgan fingerprint density at radius 3 is 2.68 bits per heavy atom. The number of benzene rings is 1. The molecule has 4 N–H and O–H groups in total. The second-order valence-corrected chi connectivity index (χ2v) is 3.72. The summed E-state index contributed by atoms with van der Waals surface area (Å²) in [7, 11) is 0. The zero-order valence-electron chi connectivity index (χ0n) is 10.1. The standard InChI is InChI=1S/C11H14N2O6/c1-2-19-11(16)10(15)9(14)7-4-3-6(12)5-8(7)13(17)18/h3-5,9-10,14-15H,2,12H2,1H3. The monoisotopic (exact) mass is 270 g/mol. The summed E-state index contributed by atoms with van der Waals surface area (Å²) in [6.07, 6.45) is -3.66. The van der Waals surface area contributed by atoms with Crippen LogP contribution >= 0.6 is 0 Å². The van der Waals surface area contributed by atoms with Gasteiger partial charge in [-0.15, -0.1) is 0 Å². The summed E-state index contributed by atoms with van der Waals surface area (Å²) in [5, 5.41) is 30.2. The molecule has 2 atom stereocenters. The van der Waals surface area contributed by atoms with Crippen LogP contribution in [0.3, 0.4) is 0 Å². The Labute approximate surface area is 108 Å². The Morgan fingerprint density at radius 1 is 1.53 bits per heavy atom. The summed E-state index contributed by atoms with van der Waals surface area (Å²) >= 11 is 0. The average Bonchev–Trinajstić information content (AvgIpc) is 2.37. The topological polar surface area (TPSA) is 136 Å². The van der Waals surface area contributed by atoms with Gasteiger partial charge in [-0.05, 0) is 19.1 Å². The quantitative estimate of drug-likeness (QED) is 0.299. The Kier molecular flexibility index (Phi) is 4.79. The summed E-state index contributed by atoms with van der Waals surface area (Å²) in [6, 6.07) is 3.54. The smallest absolute Gasteiger partial charge is 0.338 e. The number of nitrogen functional groups attached to an aromatic ring is 1. The van der Waals surface area contributed by atoms with Crippen LogP contribution in [0.25, 0.3) is 0 Å². The minimum absolute atomic E-state index is 0.0203. The molecule has 0 fully saturated rings. The Morgan fingerprint density at radius 2 is 2.16 bits per heavy atom. The van der Waals surface area contributed by atoms with E-state index in [-0.39, 0.29) is 17.9 Å². The van der Waals surface area contributed by atoms with Gasteiger partial charge in [-0.2, -0.15) is 0 Å². The van der Waals surface area contributed by atoms with E-state index in [2.05, 4.69) is 4.74 Å². The van der Waals surface area contributed by atoms with Gasteiger partial charge in [0.15, 0.2) is 6.10 Å². The van der Waals surface area contributed by atoms with E-state index in [0.29, 0.717) is 0 Å². The molecule has 1 aromatic rings. The van der Waals surface area contributed by atoms with Gasteiger partial charge in [-0.1, -0.05) is 0 Å². The van der Waals surface area contributed by atoms with Gasteiger partial charge in [0.25, 0.3) is 5.69 Å². The first kappa shape index (κ1) is 14.9. The average molecular weight is 270 g/mol. The molecule has 2 unspecified atom stereocenters. The number of nitrogens with two attached hydrogens (primary N) is 1. The lowest BCUT2D eigenvalue weighted by Crippen LogP contribution is -2.30. The van der Waals surface area contributed by atoms with Crippen LogP contribution in [0.4, 0.5) is 11.4 Å². The van der Waals surface area contributed by atoms with E-state index in [1.165, 1.54) is 19.1 Å². The van der Waals surface area contributed by atoms with Crippen LogP contribution in [-0.4, -0.2) is 33.8 Å². The van der Waals surface area contributed by atoms with E-state index < -0.39 is 28.8 Å². The summed E-state index contributed by atoms with van der Waals surface area (Å²) in [5.41, 5.74) is 4.86. The molecule has 0 amide bonds. The molecule has 0 saturated heterocycles. The van der Waals surface area contributed by atoms with Gasteiger partial charge in [0, 0.05) is 11.8 Å². The number of nitro groups is 1. The fraction of sp³-hybridized carbons (Fsp3) is 0.364. The number of esters is 1. The van der Waals surface area contributed by atoms with Crippen LogP contribution in [0.5, 0.6) is 0 Å². The molecule has 0 heterocycles. The number of ether oxygens (including phenoxy) is 1. The fourth-order valence-corrected chi connectivity index (χ4v) is 1.50. The van der Waals surface area contributed by atoms with Crippen molar-refractivity contribution in [1.82, 2.24) is 0 Å². The zero-order valence-corrected chi connectivity index (χ0v) is 10.1. The third-order valence-corrected chi connectivity index (χ3v) is 2.40. The van der Waals surface area contributed by atoms with Crippen molar-refractivity contribution in [3.05, 3.63) is 33.9 Å². The van der Waals surface area contributed by atoms with Crippen LogP contribution in [0.2, 0.25) is 0 Å². The molecular weight excluding hydrogens is 256 g/mol. The molecule has 0 aliphatic carbocycles. The number of carbonyl (C=O) groups is 1.